The van der Waals surface area contributed by atoms with E-state index in [0.717, 1.165) is 43.6 Å². The van der Waals surface area contributed by atoms with Gasteiger partial charge in [-0.05, 0) is 51.9 Å². The highest BCUT2D eigenvalue weighted by molar-refractivity contribution is 9.10. The minimum Gasteiger partial charge on any atom is -0.492 e. The molecule has 1 N–H and O–H groups in total. The number of ether oxygens (including phenoxy) is 1. The lowest BCUT2D eigenvalue weighted by atomic mass is 10.2. The minimum atomic E-state index is -0.242. The number of hydrogen-bond acceptors (Lipinski definition) is 5. The third-order valence-electron chi connectivity index (χ3n) is 5.10. The topological polar surface area (TPSA) is 68.6 Å². The molecule has 2 aromatic rings. The molecule has 1 amide bonds. The van der Waals surface area contributed by atoms with Gasteiger partial charge in [-0.25, -0.2) is 0 Å². The lowest BCUT2D eigenvalue weighted by Gasteiger charge is -2.35. The van der Waals surface area contributed by atoms with E-state index in [1.807, 2.05) is 23.1 Å². The molecule has 0 radical (unpaired) electrons. The molecule has 3 rings (SSSR count). The first-order valence-corrected chi connectivity index (χ1v) is 11.4. The van der Waals surface area contributed by atoms with E-state index in [0.29, 0.717) is 29.5 Å². The summed E-state index contributed by atoms with van der Waals surface area (Å²) in [7, 11) is 0. The predicted octanol–water partition coefficient (Wildman–Crippen LogP) is 3.62. The number of nitrogens with zero attached hydrogens (tertiary/aromatic N) is 3. The Morgan fingerprint density at radius 3 is 2.58 bits per heavy atom. The van der Waals surface area contributed by atoms with Crippen molar-refractivity contribution >= 4 is 39.2 Å². The van der Waals surface area contributed by atoms with Crippen LogP contribution in [0.2, 0.25) is 0 Å². The van der Waals surface area contributed by atoms with Gasteiger partial charge in [-0.2, -0.15) is 5.26 Å². The van der Waals surface area contributed by atoms with Gasteiger partial charge < -0.3 is 9.64 Å². The van der Waals surface area contributed by atoms with Crippen molar-refractivity contribution in [2.24, 2.45) is 0 Å². The van der Waals surface area contributed by atoms with Crippen LogP contribution in [0, 0.1) is 11.3 Å². The van der Waals surface area contributed by atoms with Crippen LogP contribution in [0.25, 0.3) is 0 Å². The molecule has 1 fully saturated rings. The zero-order valence-electron chi connectivity index (χ0n) is 17.2. The molecule has 2 aromatic carbocycles. The van der Waals surface area contributed by atoms with E-state index in [4.69, 9.17) is 22.2 Å². The molecule has 8 heteroatoms. The number of rotatable bonds is 7. The first kappa shape index (κ1) is 23.2. The predicted molar refractivity (Wildman–Crippen MR) is 128 cm³/mol. The summed E-state index contributed by atoms with van der Waals surface area (Å²) in [6.07, 6.45) is 1.34. The monoisotopic (exact) mass is 500 g/mol. The maximum atomic E-state index is 12.6. The number of benzene rings is 2. The van der Waals surface area contributed by atoms with Crippen LogP contribution in [0.5, 0.6) is 5.75 Å². The van der Waals surface area contributed by atoms with Crippen molar-refractivity contribution in [3.8, 4) is 11.8 Å². The van der Waals surface area contributed by atoms with Crippen molar-refractivity contribution in [2.45, 2.75) is 12.8 Å². The highest BCUT2D eigenvalue weighted by atomic mass is 79.9. The quantitative estimate of drug-likeness (QED) is 0.585. The summed E-state index contributed by atoms with van der Waals surface area (Å²) in [5.41, 5.74) is 1.73. The second-order valence-corrected chi connectivity index (χ2v) is 8.47. The van der Waals surface area contributed by atoms with Gasteiger partial charge in [0.15, 0.2) is 5.11 Å². The van der Waals surface area contributed by atoms with Crippen LogP contribution < -0.4 is 10.1 Å². The van der Waals surface area contributed by atoms with E-state index in [9.17, 15) is 4.79 Å². The smallest absolute Gasteiger partial charge is 0.257 e. The second-order valence-electron chi connectivity index (χ2n) is 7.23. The van der Waals surface area contributed by atoms with Crippen LogP contribution in [0.15, 0.2) is 53.0 Å². The number of piperazine rings is 1. The minimum absolute atomic E-state index is 0.242. The molecule has 31 heavy (non-hydrogen) atoms. The van der Waals surface area contributed by atoms with Crippen molar-refractivity contribution < 1.29 is 9.53 Å². The molecule has 0 unspecified atom stereocenters. The van der Waals surface area contributed by atoms with Crippen molar-refractivity contribution in [2.75, 3.05) is 39.3 Å². The summed E-state index contributed by atoms with van der Waals surface area (Å²) < 4.78 is 6.58. The molecule has 6 nitrogen and oxygen atoms in total. The molecule has 1 aliphatic heterocycles. The first-order chi connectivity index (χ1) is 15.1. The molecular formula is C23H25BrN4O2S. The summed E-state index contributed by atoms with van der Waals surface area (Å²) in [6, 6.07) is 17.6. The molecule has 0 aromatic heterocycles. The number of nitrogens with one attached hydrogen (secondary N) is 1. The molecule has 0 spiro atoms. The summed E-state index contributed by atoms with van der Waals surface area (Å²) in [5.74, 6) is 0.456. The highest BCUT2D eigenvalue weighted by Gasteiger charge is 2.20. The van der Waals surface area contributed by atoms with Gasteiger partial charge in [-0.15, -0.1) is 0 Å². The van der Waals surface area contributed by atoms with E-state index in [1.54, 1.807) is 18.2 Å². The second kappa shape index (κ2) is 11.8. The van der Waals surface area contributed by atoms with E-state index in [2.05, 4.69) is 44.3 Å². The fourth-order valence-electron chi connectivity index (χ4n) is 3.31. The SMILES string of the molecule is N#CCCN1CCN(C(=S)NC(=O)c2ccc(OCCc3ccccc3)c(Br)c2)CC1. The Labute approximate surface area is 196 Å². The van der Waals surface area contributed by atoms with Crippen LogP contribution in [0.3, 0.4) is 0 Å². The summed E-state index contributed by atoms with van der Waals surface area (Å²) >= 11 is 8.92. The maximum Gasteiger partial charge on any atom is 0.257 e. The molecule has 1 heterocycles. The zero-order chi connectivity index (χ0) is 22.1. The van der Waals surface area contributed by atoms with Gasteiger partial charge in [0, 0.05) is 51.1 Å². The van der Waals surface area contributed by atoms with Gasteiger partial charge in [0.25, 0.3) is 5.91 Å². The summed E-state index contributed by atoms with van der Waals surface area (Å²) in [4.78, 5) is 16.9. The molecule has 0 aliphatic carbocycles. The fourth-order valence-corrected chi connectivity index (χ4v) is 4.08. The number of halogens is 1. The number of thiocarbonyl (C=S) groups is 1. The van der Waals surface area contributed by atoms with E-state index < -0.39 is 0 Å². The van der Waals surface area contributed by atoms with Gasteiger partial charge in [-0.3, -0.25) is 15.0 Å². The average molecular weight is 501 g/mol. The molecule has 0 bridgehead atoms. The lowest BCUT2D eigenvalue weighted by Crippen LogP contribution is -2.52. The lowest BCUT2D eigenvalue weighted by molar-refractivity contribution is 0.0969. The van der Waals surface area contributed by atoms with Crippen molar-refractivity contribution in [1.82, 2.24) is 15.1 Å². The molecule has 162 valence electrons. The number of carbonyl (C=O) groups excluding carboxylic acids is 1. The Kier molecular flexibility index (Phi) is 8.83. The van der Waals surface area contributed by atoms with Crippen LogP contribution >= 0.6 is 28.1 Å². The number of nitriles is 1. The van der Waals surface area contributed by atoms with Gasteiger partial charge in [-0.1, -0.05) is 30.3 Å². The van der Waals surface area contributed by atoms with Gasteiger partial charge >= 0.3 is 0 Å². The Morgan fingerprint density at radius 1 is 1.16 bits per heavy atom. The van der Waals surface area contributed by atoms with E-state index in [1.165, 1.54) is 5.56 Å². The summed E-state index contributed by atoms with van der Waals surface area (Å²) in [6.45, 7) is 4.47. The van der Waals surface area contributed by atoms with Crippen LogP contribution in [-0.2, 0) is 6.42 Å². The van der Waals surface area contributed by atoms with Crippen molar-refractivity contribution in [3.05, 3.63) is 64.1 Å². The molecule has 0 saturated carbocycles. The fraction of sp³-hybridized carbons (Fsp3) is 0.348. The van der Waals surface area contributed by atoms with Crippen molar-refractivity contribution in [3.63, 3.8) is 0 Å². The molecule has 1 saturated heterocycles. The van der Waals surface area contributed by atoms with Crippen LogP contribution in [0.4, 0.5) is 0 Å². The highest BCUT2D eigenvalue weighted by Crippen LogP contribution is 2.26. The first-order valence-electron chi connectivity index (χ1n) is 10.2. The Hall–Kier alpha value is -2.47. The average Bonchev–Trinajstić information content (AvgIpc) is 2.79. The Bertz CT molecular complexity index is 940. The van der Waals surface area contributed by atoms with Gasteiger partial charge in [0.2, 0.25) is 0 Å². The molecule has 0 atom stereocenters. The van der Waals surface area contributed by atoms with E-state index in [-0.39, 0.29) is 5.91 Å². The van der Waals surface area contributed by atoms with Crippen molar-refractivity contribution in [1.29, 1.82) is 5.26 Å². The number of hydrogen-bond donors (Lipinski definition) is 1. The summed E-state index contributed by atoms with van der Waals surface area (Å²) in [5, 5.41) is 12.0. The standard InChI is InChI=1S/C23H25BrN4O2S/c24-20-17-19(7-8-21(20)30-16-9-18-5-2-1-3-6-18)22(29)26-23(31)28-14-12-27(13-15-28)11-4-10-25/h1-3,5-8,17H,4,9,11-16H2,(H,26,29,31). The Morgan fingerprint density at radius 2 is 1.90 bits per heavy atom. The number of amides is 1. The molecule has 1 aliphatic rings. The molecular weight excluding hydrogens is 476 g/mol. The normalized spacial score (nSPS) is 14.0. The van der Waals surface area contributed by atoms with Crippen LogP contribution in [0.1, 0.15) is 22.3 Å². The maximum absolute atomic E-state index is 12.6. The third kappa shape index (κ3) is 7.03. The van der Waals surface area contributed by atoms with Gasteiger partial charge in [0.05, 0.1) is 17.1 Å². The van der Waals surface area contributed by atoms with Gasteiger partial charge in [0.1, 0.15) is 5.75 Å². The van der Waals surface area contributed by atoms with E-state index >= 15 is 0 Å². The third-order valence-corrected chi connectivity index (χ3v) is 6.08. The number of carbonyl (C=O) groups is 1. The Balaban J connectivity index is 1.47. The largest absolute Gasteiger partial charge is 0.492 e. The van der Waals surface area contributed by atoms with Crippen LogP contribution in [-0.4, -0.2) is 60.2 Å². The zero-order valence-corrected chi connectivity index (χ0v) is 19.6.